The molecule has 1 aromatic rings. The van der Waals surface area contributed by atoms with Crippen LogP contribution in [0.25, 0.3) is 0 Å². The fourth-order valence-electron chi connectivity index (χ4n) is 2.02. The van der Waals surface area contributed by atoms with Gasteiger partial charge in [-0.1, -0.05) is 5.16 Å². The standard InChI is InChI=1S/C12H19N3O3/c1-8-6-11(14-18-8)13-12(16)10(3)15-4-5-17-9(2)7-15/h6,9-10H,4-5,7H2,1-3H3,(H,13,14,16). The van der Waals surface area contributed by atoms with Crippen LogP contribution in [0.15, 0.2) is 10.6 Å². The van der Waals surface area contributed by atoms with Gasteiger partial charge in [-0.05, 0) is 20.8 Å². The van der Waals surface area contributed by atoms with Gasteiger partial charge in [-0.3, -0.25) is 9.69 Å². The number of rotatable bonds is 3. The highest BCUT2D eigenvalue weighted by Crippen LogP contribution is 2.12. The number of morpholine rings is 1. The highest BCUT2D eigenvalue weighted by atomic mass is 16.5. The maximum absolute atomic E-state index is 12.1. The topological polar surface area (TPSA) is 67.6 Å². The van der Waals surface area contributed by atoms with Crippen molar-refractivity contribution >= 4 is 11.7 Å². The van der Waals surface area contributed by atoms with Gasteiger partial charge in [0.1, 0.15) is 5.76 Å². The third kappa shape index (κ3) is 3.08. The Kier molecular flexibility index (Phi) is 3.98. The van der Waals surface area contributed by atoms with Gasteiger partial charge < -0.3 is 14.6 Å². The van der Waals surface area contributed by atoms with E-state index in [1.807, 2.05) is 13.8 Å². The predicted octanol–water partition coefficient (Wildman–Crippen LogP) is 1.03. The first-order valence-electron chi connectivity index (χ1n) is 6.16. The first kappa shape index (κ1) is 13.0. The smallest absolute Gasteiger partial charge is 0.242 e. The van der Waals surface area contributed by atoms with E-state index < -0.39 is 0 Å². The minimum absolute atomic E-state index is 0.0719. The van der Waals surface area contributed by atoms with Crippen LogP contribution in [0.2, 0.25) is 0 Å². The Morgan fingerprint density at radius 2 is 2.44 bits per heavy atom. The van der Waals surface area contributed by atoms with Crippen molar-refractivity contribution in [3.05, 3.63) is 11.8 Å². The minimum atomic E-state index is -0.201. The zero-order valence-electron chi connectivity index (χ0n) is 11.0. The molecule has 6 heteroatoms. The Morgan fingerprint density at radius 3 is 3.06 bits per heavy atom. The fourth-order valence-corrected chi connectivity index (χ4v) is 2.02. The minimum Gasteiger partial charge on any atom is -0.376 e. The van der Waals surface area contributed by atoms with Gasteiger partial charge in [-0.2, -0.15) is 0 Å². The third-order valence-electron chi connectivity index (χ3n) is 3.08. The van der Waals surface area contributed by atoms with Crippen molar-refractivity contribution in [3.63, 3.8) is 0 Å². The number of aryl methyl sites for hydroxylation is 1. The van der Waals surface area contributed by atoms with Crippen molar-refractivity contribution in [2.75, 3.05) is 25.0 Å². The molecule has 1 saturated heterocycles. The van der Waals surface area contributed by atoms with Crippen LogP contribution in [0, 0.1) is 6.92 Å². The van der Waals surface area contributed by atoms with E-state index in [9.17, 15) is 4.79 Å². The number of anilines is 1. The van der Waals surface area contributed by atoms with E-state index in [4.69, 9.17) is 9.26 Å². The Bertz CT molecular complexity index is 418. The highest BCUT2D eigenvalue weighted by molar-refractivity contribution is 5.93. The first-order valence-corrected chi connectivity index (χ1v) is 6.16. The lowest BCUT2D eigenvalue weighted by Crippen LogP contribution is -2.50. The van der Waals surface area contributed by atoms with Crippen molar-refractivity contribution in [1.82, 2.24) is 10.1 Å². The summed E-state index contributed by atoms with van der Waals surface area (Å²) in [7, 11) is 0. The third-order valence-corrected chi connectivity index (χ3v) is 3.08. The molecule has 6 nitrogen and oxygen atoms in total. The zero-order chi connectivity index (χ0) is 13.1. The molecule has 0 aliphatic carbocycles. The van der Waals surface area contributed by atoms with Crippen LogP contribution in [0.5, 0.6) is 0 Å². The number of aromatic nitrogens is 1. The average molecular weight is 253 g/mol. The molecule has 1 aliphatic rings. The van der Waals surface area contributed by atoms with E-state index in [2.05, 4.69) is 15.4 Å². The number of ether oxygens (including phenoxy) is 1. The molecule has 2 unspecified atom stereocenters. The molecule has 1 aromatic heterocycles. The van der Waals surface area contributed by atoms with Crippen molar-refractivity contribution in [2.45, 2.75) is 32.9 Å². The molecule has 18 heavy (non-hydrogen) atoms. The summed E-state index contributed by atoms with van der Waals surface area (Å²) in [4.78, 5) is 14.2. The summed E-state index contributed by atoms with van der Waals surface area (Å²) >= 11 is 0. The first-order chi connectivity index (χ1) is 8.56. The van der Waals surface area contributed by atoms with Crippen LogP contribution in [0.4, 0.5) is 5.82 Å². The van der Waals surface area contributed by atoms with Gasteiger partial charge in [0.25, 0.3) is 0 Å². The van der Waals surface area contributed by atoms with E-state index in [-0.39, 0.29) is 18.1 Å². The number of nitrogens with zero attached hydrogens (tertiary/aromatic N) is 2. The lowest BCUT2D eigenvalue weighted by Gasteiger charge is -2.34. The number of hydrogen-bond acceptors (Lipinski definition) is 5. The lowest BCUT2D eigenvalue weighted by atomic mass is 10.2. The second kappa shape index (κ2) is 5.49. The van der Waals surface area contributed by atoms with Gasteiger partial charge in [0.05, 0.1) is 18.8 Å². The van der Waals surface area contributed by atoms with E-state index in [1.165, 1.54) is 0 Å². The summed E-state index contributed by atoms with van der Waals surface area (Å²) in [6.45, 7) is 7.90. The van der Waals surface area contributed by atoms with Crippen molar-refractivity contribution in [2.24, 2.45) is 0 Å². The quantitative estimate of drug-likeness (QED) is 0.871. The molecular formula is C12H19N3O3. The average Bonchev–Trinajstić information content (AvgIpc) is 2.73. The number of nitrogens with one attached hydrogen (secondary N) is 1. The van der Waals surface area contributed by atoms with E-state index in [0.29, 0.717) is 18.2 Å². The SMILES string of the molecule is Cc1cc(NC(=O)C(C)N2CCOC(C)C2)no1. The van der Waals surface area contributed by atoms with E-state index >= 15 is 0 Å². The number of carbonyl (C=O) groups excluding carboxylic acids is 1. The lowest BCUT2D eigenvalue weighted by molar-refractivity contribution is -0.123. The van der Waals surface area contributed by atoms with Crippen molar-refractivity contribution in [3.8, 4) is 0 Å². The van der Waals surface area contributed by atoms with Crippen LogP contribution in [0.3, 0.4) is 0 Å². The summed E-state index contributed by atoms with van der Waals surface area (Å²) in [5, 5.41) is 6.50. The van der Waals surface area contributed by atoms with E-state index in [0.717, 1.165) is 13.1 Å². The monoisotopic (exact) mass is 253 g/mol. The van der Waals surface area contributed by atoms with Gasteiger partial charge in [-0.15, -0.1) is 0 Å². The van der Waals surface area contributed by atoms with Gasteiger partial charge in [0.15, 0.2) is 5.82 Å². The molecule has 0 aromatic carbocycles. The predicted molar refractivity (Wildman–Crippen MR) is 66.3 cm³/mol. The summed E-state index contributed by atoms with van der Waals surface area (Å²) in [5.74, 6) is 1.07. The van der Waals surface area contributed by atoms with Gasteiger partial charge >= 0.3 is 0 Å². The fraction of sp³-hybridized carbons (Fsp3) is 0.667. The summed E-state index contributed by atoms with van der Waals surface area (Å²) in [6, 6.07) is 1.50. The van der Waals surface area contributed by atoms with Crippen LogP contribution in [-0.4, -0.2) is 47.8 Å². The number of hydrogen-bond donors (Lipinski definition) is 1. The summed E-state index contributed by atoms with van der Waals surface area (Å²) in [5.41, 5.74) is 0. The van der Waals surface area contributed by atoms with Gasteiger partial charge in [0, 0.05) is 19.2 Å². The second-order valence-corrected chi connectivity index (χ2v) is 4.66. The van der Waals surface area contributed by atoms with Gasteiger partial charge in [0.2, 0.25) is 5.91 Å². The largest absolute Gasteiger partial charge is 0.376 e. The summed E-state index contributed by atoms with van der Waals surface area (Å²) < 4.78 is 10.4. The molecule has 0 spiro atoms. The molecule has 0 saturated carbocycles. The Hall–Kier alpha value is -1.40. The van der Waals surface area contributed by atoms with Gasteiger partial charge in [-0.25, -0.2) is 0 Å². The normalized spacial score (nSPS) is 22.7. The van der Waals surface area contributed by atoms with Crippen molar-refractivity contribution < 1.29 is 14.1 Å². The molecule has 100 valence electrons. The maximum Gasteiger partial charge on any atom is 0.242 e. The Balaban J connectivity index is 1.91. The molecule has 2 heterocycles. The molecule has 0 radical (unpaired) electrons. The Labute approximate surface area is 106 Å². The molecule has 0 bridgehead atoms. The number of carbonyl (C=O) groups is 1. The molecule has 2 rings (SSSR count). The van der Waals surface area contributed by atoms with Crippen LogP contribution in [-0.2, 0) is 9.53 Å². The van der Waals surface area contributed by atoms with Crippen molar-refractivity contribution in [1.29, 1.82) is 0 Å². The van der Waals surface area contributed by atoms with Crippen LogP contribution < -0.4 is 5.32 Å². The maximum atomic E-state index is 12.1. The molecule has 2 atom stereocenters. The molecule has 1 fully saturated rings. The molecular weight excluding hydrogens is 234 g/mol. The molecule has 1 amide bonds. The van der Waals surface area contributed by atoms with E-state index in [1.54, 1.807) is 13.0 Å². The van der Waals surface area contributed by atoms with Crippen LogP contribution in [0.1, 0.15) is 19.6 Å². The molecule has 1 N–H and O–H groups in total. The Morgan fingerprint density at radius 1 is 1.67 bits per heavy atom. The highest BCUT2D eigenvalue weighted by Gasteiger charge is 2.26. The molecule has 1 aliphatic heterocycles. The summed E-state index contributed by atoms with van der Waals surface area (Å²) in [6.07, 6.45) is 0.170. The second-order valence-electron chi connectivity index (χ2n) is 4.66. The number of amides is 1. The zero-order valence-corrected chi connectivity index (χ0v) is 11.0. The van der Waals surface area contributed by atoms with Crippen LogP contribution >= 0.6 is 0 Å².